The number of methoxy groups -OCH3 is 2. The van der Waals surface area contributed by atoms with Gasteiger partial charge in [0.15, 0.2) is 0 Å². The predicted octanol–water partition coefficient (Wildman–Crippen LogP) is 3.40. The fourth-order valence-electron chi connectivity index (χ4n) is 3.25. The molecule has 26 heavy (non-hydrogen) atoms. The molecule has 0 saturated carbocycles. The summed E-state index contributed by atoms with van der Waals surface area (Å²) in [5.41, 5.74) is 4.47. The average Bonchev–Trinajstić information content (AvgIpc) is 3.30. The lowest BCUT2D eigenvalue weighted by atomic mass is 10.1. The van der Waals surface area contributed by atoms with Crippen molar-refractivity contribution in [3.05, 3.63) is 53.6 Å². The first-order valence-electron chi connectivity index (χ1n) is 8.34. The summed E-state index contributed by atoms with van der Waals surface area (Å²) in [4.78, 5) is 0. The average molecular weight is 346 g/mol. The number of nitriles is 1. The number of hydrogen-bond acceptors (Lipinski definition) is 5. The van der Waals surface area contributed by atoms with Gasteiger partial charge in [0.05, 0.1) is 31.5 Å². The smallest absolute Gasteiger partial charge is 0.133 e. The molecule has 6 nitrogen and oxygen atoms in total. The Morgan fingerprint density at radius 3 is 2.62 bits per heavy atom. The van der Waals surface area contributed by atoms with E-state index in [0.29, 0.717) is 5.56 Å². The number of fused-ring (bicyclic) bond motifs is 1. The van der Waals surface area contributed by atoms with E-state index in [0.717, 1.165) is 52.8 Å². The first-order chi connectivity index (χ1) is 12.7. The van der Waals surface area contributed by atoms with E-state index in [-0.39, 0.29) is 0 Å². The molecule has 1 aromatic heterocycles. The lowest BCUT2D eigenvalue weighted by Crippen LogP contribution is -2.04. The summed E-state index contributed by atoms with van der Waals surface area (Å²) in [6, 6.07) is 15.2. The molecule has 0 amide bonds. The predicted molar refractivity (Wildman–Crippen MR) is 99.0 cm³/mol. The highest BCUT2D eigenvalue weighted by Crippen LogP contribution is 2.40. The second kappa shape index (κ2) is 6.45. The second-order valence-corrected chi connectivity index (χ2v) is 5.99. The van der Waals surface area contributed by atoms with E-state index < -0.39 is 0 Å². The maximum absolute atomic E-state index is 9.00. The number of hydrogen-bond donors (Lipinski definition) is 1. The van der Waals surface area contributed by atoms with Crippen LogP contribution in [0.3, 0.4) is 0 Å². The zero-order valence-electron chi connectivity index (χ0n) is 14.6. The van der Waals surface area contributed by atoms with Gasteiger partial charge in [-0.05, 0) is 48.9 Å². The monoisotopic (exact) mass is 346 g/mol. The van der Waals surface area contributed by atoms with Crippen molar-refractivity contribution in [3.63, 3.8) is 0 Å². The van der Waals surface area contributed by atoms with Crippen LogP contribution in [0, 0.1) is 11.3 Å². The van der Waals surface area contributed by atoms with Crippen molar-refractivity contribution in [1.82, 2.24) is 9.78 Å². The van der Waals surface area contributed by atoms with Gasteiger partial charge in [-0.15, -0.1) is 0 Å². The van der Waals surface area contributed by atoms with Gasteiger partial charge in [0.1, 0.15) is 23.0 Å². The number of ether oxygens (including phenoxy) is 2. The van der Waals surface area contributed by atoms with Crippen molar-refractivity contribution < 1.29 is 9.47 Å². The quantitative estimate of drug-likeness (QED) is 0.784. The summed E-state index contributed by atoms with van der Waals surface area (Å²) in [5, 5.41) is 17.3. The van der Waals surface area contributed by atoms with Crippen LogP contribution in [0.2, 0.25) is 0 Å². The molecule has 0 fully saturated rings. The molecule has 2 aromatic carbocycles. The summed E-state index contributed by atoms with van der Waals surface area (Å²) >= 11 is 0. The van der Waals surface area contributed by atoms with E-state index in [1.807, 2.05) is 35.0 Å². The van der Waals surface area contributed by atoms with E-state index in [2.05, 4.69) is 11.4 Å². The normalized spacial score (nSPS) is 12.2. The molecular formula is C20H18N4O2. The largest absolute Gasteiger partial charge is 0.497 e. The van der Waals surface area contributed by atoms with Gasteiger partial charge in [-0.3, -0.25) is 0 Å². The fraction of sp³-hybridized carbons (Fsp3) is 0.200. The molecule has 1 aliphatic rings. The lowest BCUT2D eigenvalue weighted by Gasteiger charge is -2.10. The van der Waals surface area contributed by atoms with Crippen molar-refractivity contribution in [2.45, 2.75) is 6.42 Å². The maximum atomic E-state index is 9.00. The third-order valence-corrected chi connectivity index (χ3v) is 4.55. The van der Waals surface area contributed by atoms with Crippen LogP contribution in [0.1, 0.15) is 11.1 Å². The van der Waals surface area contributed by atoms with E-state index in [4.69, 9.17) is 19.8 Å². The van der Waals surface area contributed by atoms with E-state index >= 15 is 0 Å². The van der Waals surface area contributed by atoms with Crippen LogP contribution in [0.4, 0.5) is 5.82 Å². The molecule has 2 heterocycles. The van der Waals surface area contributed by atoms with E-state index in [1.54, 1.807) is 26.4 Å². The van der Waals surface area contributed by atoms with Crippen molar-refractivity contribution in [1.29, 1.82) is 5.26 Å². The highest BCUT2D eigenvalue weighted by atomic mass is 16.5. The summed E-state index contributed by atoms with van der Waals surface area (Å²) < 4.78 is 12.8. The summed E-state index contributed by atoms with van der Waals surface area (Å²) in [7, 11) is 3.30. The Morgan fingerprint density at radius 1 is 1.12 bits per heavy atom. The molecule has 0 spiro atoms. The van der Waals surface area contributed by atoms with E-state index in [9.17, 15) is 0 Å². The van der Waals surface area contributed by atoms with Gasteiger partial charge >= 0.3 is 0 Å². The molecule has 0 aliphatic carbocycles. The summed E-state index contributed by atoms with van der Waals surface area (Å²) in [6.07, 6.45) is 0.890. The minimum atomic E-state index is 0.625. The van der Waals surface area contributed by atoms with Crippen molar-refractivity contribution >= 4 is 5.82 Å². The Balaban J connectivity index is 1.88. The Hall–Kier alpha value is -3.46. The number of nitrogens with one attached hydrogen (secondary N) is 1. The first kappa shape index (κ1) is 16.0. The molecule has 1 aliphatic heterocycles. The van der Waals surface area contributed by atoms with Crippen LogP contribution in [0.15, 0.2) is 42.5 Å². The fourth-order valence-corrected chi connectivity index (χ4v) is 3.25. The molecule has 1 N–H and O–H groups in total. The second-order valence-electron chi connectivity index (χ2n) is 5.99. The van der Waals surface area contributed by atoms with Crippen LogP contribution in [0.5, 0.6) is 11.5 Å². The van der Waals surface area contributed by atoms with E-state index in [1.165, 1.54) is 0 Å². The molecule has 0 atom stereocenters. The van der Waals surface area contributed by atoms with Crippen LogP contribution >= 0.6 is 0 Å². The zero-order valence-corrected chi connectivity index (χ0v) is 14.6. The third-order valence-electron chi connectivity index (χ3n) is 4.55. The van der Waals surface area contributed by atoms with Crippen LogP contribution in [-0.2, 0) is 6.42 Å². The number of aromatic nitrogens is 2. The van der Waals surface area contributed by atoms with Gasteiger partial charge in [-0.2, -0.15) is 10.4 Å². The van der Waals surface area contributed by atoms with Crippen molar-refractivity contribution in [3.8, 4) is 34.5 Å². The van der Waals surface area contributed by atoms with Gasteiger partial charge in [0.25, 0.3) is 0 Å². The first-order valence-corrected chi connectivity index (χ1v) is 8.34. The number of rotatable bonds is 4. The number of nitrogens with zero attached hydrogens (tertiary/aromatic N) is 3. The molecule has 0 saturated heterocycles. The standard InChI is InChI=1S/C20H18N4O2/c1-25-15-7-8-18(26-2)17(11-15)19-16-9-10-22-20(16)24(23-19)14-5-3-13(12-21)4-6-14/h3-8,11,22H,9-10H2,1-2H3. The van der Waals surface area contributed by atoms with Crippen LogP contribution in [0.25, 0.3) is 16.9 Å². The number of anilines is 1. The molecule has 6 heteroatoms. The zero-order chi connectivity index (χ0) is 18.1. The summed E-state index contributed by atoms with van der Waals surface area (Å²) in [5.74, 6) is 2.49. The van der Waals surface area contributed by atoms with Crippen molar-refractivity contribution in [2.75, 3.05) is 26.1 Å². The number of benzene rings is 2. The topological polar surface area (TPSA) is 72.1 Å². The SMILES string of the molecule is COc1ccc(OC)c(-c2nn(-c3ccc(C#N)cc3)c3c2CCN3)c1. The Morgan fingerprint density at radius 2 is 1.92 bits per heavy atom. The molecule has 3 aromatic rings. The molecule has 0 radical (unpaired) electrons. The molecule has 0 bridgehead atoms. The van der Waals surface area contributed by atoms with Gasteiger partial charge in [0.2, 0.25) is 0 Å². The minimum absolute atomic E-state index is 0.625. The third kappa shape index (κ3) is 2.54. The molecule has 4 rings (SSSR count). The minimum Gasteiger partial charge on any atom is -0.497 e. The Labute approximate surface area is 151 Å². The van der Waals surface area contributed by atoms with Crippen LogP contribution in [-0.4, -0.2) is 30.5 Å². The maximum Gasteiger partial charge on any atom is 0.133 e. The highest BCUT2D eigenvalue weighted by Gasteiger charge is 2.25. The van der Waals surface area contributed by atoms with Crippen LogP contribution < -0.4 is 14.8 Å². The Bertz CT molecular complexity index is 1000. The lowest BCUT2D eigenvalue weighted by molar-refractivity contribution is 0.404. The van der Waals surface area contributed by atoms with Gasteiger partial charge in [-0.25, -0.2) is 4.68 Å². The molecule has 0 unspecified atom stereocenters. The molecule has 130 valence electrons. The van der Waals surface area contributed by atoms with Gasteiger partial charge < -0.3 is 14.8 Å². The van der Waals surface area contributed by atoms with Crippen molar-refractivity contribution in [2.24, 2.45) is 0 Å². The highest BCUT2D eigenvalue weighted by molar-refractivity contribution is 5.77. The summed E-state index contributed by atoms with van der Waals surface area (Å²) in [6.45, 7) is 0.864. The Kier molecular flexibility index (Phi) is 3.98. The van der Waals surface area contributed by atoms with Gasteiger partial charge in [0, 0.05) is 17.7 Å². The molecular weight excluding hydrogens is 328 g/mol. The van der Waals surface area contributed by atoms with Gasteiger partial charge in [-0.1, -0.05) is 0 Å².